The van der Waals surface area contributed by atoms with E-state index in [9.17, 15) is 39.3 Å². The molecule has 0 bridgehead atoms. The standard InChI is InChI=1S/C24H36N4O8S/c1-13(2)10-19(24(35)36)28-23(34)18(12-20(30)31)27-22(33)17(11-14-4-6-15(29)7-5-14)26-21(32)16(25)8-9-37-3/h4-7,13,16-19,29H,8-12,25H2,1-3H3,(H,26,32)(H,27,33)(H,28,34)(H,30,31)(H,35,36). The summed E-state index contributed by atoms with van der Waals surface area (Å²) >= 11 is 1.50. The minimum atomic E-state index is -1.59. The minimum absolute atomic E-state index is 0.000417. The van der Waals surface area contributed by atoms with Crippen molar-refractivity contribution in [3.63, 3.8) is 0 Å². The Morgan fingerprint density at radius 2 is 1.43 bits per heavy atom. The number of phenols is 1. The van der Waals surface area contributed by atoms with Crippen molar-refractivity contribution in [2.75, 3.05) is 12.0 Å². The molecule has 1 aromatic carbocycles. The number of phenolic OH excluding ortho intramolecular Hbond substituents is 1. The van der Waals surface area contributed by atoms with E-state index in [1.807, 2.05) is 6.26 Å². The highest BCUT2D eigenvalue weighted by Gasteiger charge is 2.32. The molecule has 206 valence electrons. The molecule has 0 radical (unpaired) electrons. The molecule has 0 aliphatic rings. The molecule has 0 aliphatic carbocycles. The van der Waals surface area contributed by atoms with Crippen LogP contribution < -0.4 is 21.7 Å². The summed E-state index contributed by atoms with van der Waals surface area (Å²) in [5.41, 5.74) is 6.48. The summed E-state index contributed by atoms with van der Waals surface area (Å²) < 4.78 is 0. The zero-order chi connectivity index (χ0) is 28.1. The van der Waals surface area contributed by atoms with Crippen LogP contribution in [0.3, 0.4) is 0 Å². The van der Waals surface area contributed by atoms with E-state index in [1.165, 1.54) is 23.9 Å². The van der Waals surface area contributed by atoms with Gasteiger partial charge in [-0.25, -0.2) is 4.79 Å². The summed E-state index contributed by atoms with van der Waals surface area (Å²) in [6, 6.07) is 0.891. The van der Waals surface area contributed by atoms with Crippen molar-refractivity contribution in [1.82, 2.24) is 16.0 Å². The maximum Gasteiger partial charge on any atom is 0.326 e. The highest BCUT2D eigenvalue weighted by atomic mass is 32.2. The van der Waals surface area contributed by atoms with Crippen molar-refractivity contribution >= 4 is 41.4 Å². The molecule has 13 heteroatoms. The number of carboxylic acid groups (broad SMARTS) is 2. The summed E-state index contributed by atoms with van der Waals surface area (Å²) in [4.78, 5) is 61.5. The lowest BCUT2D eigenvalue weighted by Gasteiger charge is -2.25. The van der Waals surface area contributed by atoms with Gasteiger partial charge in [-0.1, -0.05) is 26.0 Å². The number of carbonyl (C=O) groups is 5. The van der Waals surface area contributed by atoms with Crippen molar-refractivity contribution in [2.24, 2.45) is 11.7 Å². The van der Waals surface area contributed by atoms with E-state index in [1.54, 1.807) is 26.0 Å². The third-order valence-corrected chi connectivity index (χ3v) is 5.96. The van der Waals surface area contributed by atoms with Crippen LogP contribution in [0.5, 0.6) is 5.75 Å². The van der Waals surface area contributed by atoms with Crippen LogP contribution in [0.1, 0.15) is 38.7 Å². The number of hydrogen-bond donors (Lipinski definition) is 7. The number of rotatable bonds is 16. The van der Waals surface area contributed by atoms with E-state index < -0.39 is 60.2 Å². The Balaban J connectivity index is 3.13. The molecule has 4 atom stereocenters. The first-order valence-corrected chi connectivity index (χ1v) is 13.1. The number of aromatic hydroxyl groups is 1. The summed E-state index contributed by atoms with van der Waals surface area (Å²) in [6.07, 6.45) is 1.47. The summed E-state index contributed by atoms with van der Waals surface area (Å²) in [5.74, 6) is -4.57. The first-order valence-electron chi connectivity index (χ1n) is 11.7. The van der Waals surface area contributed by atoms with Crippen LogP contribution in [0, 0.1) is 5.92 Å². The molecule has 1 aromatic rings. The Kier molecular flexibility index (Phi) is 13.5. The first kappa shape index (κ1) is 31.7. The van der Waals surface area contributed by atoms with E-state index in [-0.39, 0.29) is 24.5 Å². The van der Waals surface area contributed by atoms with Crippen LogP contribution >= 0.6 is 11.8 Å². The molecule has 4 unspecified atom stereocenters. The largest absolute Gasteiger partial charge is 0.508 e. The Morgan fingerprint density at radius 3 is 1.95 bits per heavy atom. The van der Waals surface area contributed by atoms with Gasteiger partial charge in [0, 0.05) is 6.42 Å². The fourth-order valence-electron chi connectivity index (χ4n) is 3.35. The molecule has 8 N–H and O–H groups in total. The van der Waals surface area contributed by atoms with E-state index in [2.05, 4.69) is 16.0 Å². The van der Waals surface area contributed by atoms with Crippen LogP contribution in [0.15, 0.2) is 24.3 Å². The number of benzene rings is 1. The highest BCUT2D eigenvalue weighted by Crippen LogP contribution is 2.12. The number of carbonyl (C=O) groups excluding carboxylic acids is 3. The van der Waals surface area contributed by atoms with Gasteiger partial charge in [0.2, 0.25) is 17.7 Å². The second-order valence-electron chi connectivity index (χ2n) is 9.01. The van der Waals surface area contributed by atoms with Gasteiger partial charge in [0.25, 0.3) is 0 Å². The monoisotopic (exact) mass is 540 g/mol. The van der Waals surface area contributed by atoms with Crippen LogP contribution in [0.4, 0.5) is 0 Å². The zero-order valence-corrected chi connectivity index (χ0v) is 21.9. The van der Waals surface area contributed by atoms with Crippen LogP contribution in [0.2, 0.25) is 0 Å². The maximum absolute atomic E-state index is 13.2. The second kappa shape index (κ2) is 15.7. The molecule has 12 nitrogen and oxygen atoms in total. The zero-order valence-electron chi connectivity index (χ0n) is 21.1. The molecule has 0 spiro atoms. The SMILES string of the molecule is CSCCC(N)C(=O)NC(Cc1ccc(O)cc1)C(=O)NC(CC(=O)O)C(=O)NC(CC(C)C)C(=O)O. The number of aliphatic carboxylic acids is 2. The molecular formula is C24H36N4O8S. The van der Waals surface area contributed by atoms with Gasteiger partial charge in [0.05, 0.1) is 12.5 Å². The normalized spacial score (nSPS) is 14.2. The fourth-order valence-corrected chi connectivity index (χ4v) is 3.84. The predicted octanol–water partition coefficient (Wildman–Crippen LogP) is 0.0749. The van der Waals surface area contributed by atoms with Crippen molar-refractivity contribution in [1.29, 1.82) is 0 Å². The number of nitrogens with one attached hydrogen (secondary N) is 3. The Morgan fingerprint density at radius 1 is 0.892 bits per heavy atom. The van der Waals surface area contributed by atoms with E-state index in [4.69, 9.17) is 5.73 Å². The molecule has 0 aromatic heterocycles. The van der Waals surface area contributed by atoms with Crippen molar-refractivity contribution in [3.8, 4) is 5.75 Å². The summed E-state index contributed by atoms with van der Waals surface area (Å²) in [6.45, 7) is 3.53. The number of amides is 3. The van der Waals surface area contributed by atoms with Crippen molar-refractivity contribution < 1.29 is 39.3 Å². The van der Waals surface area contributed by atoms with Crippen LogP contribution in [-0.4, -0.2) is 81.2 Å². The second-order valence-corrected chi connectivity index (χ2v) is 9.99. The van der Waals surface area contributed by atoms with Crippen molar-refractivity contribution in [2.45, 2.75) is 63.7 Å². The Labute approximate surface area is 219 Å². The van der Waals surface area contributed by atoms with Crippen molar-refractivity contribution in [3.05, 3.63) is 29.8 Å². The molecular weight excluding hydrogens is 504 g/mol. The fraction of sp³-hybridized carbons (Fsp3) is 0.542. The molecule has 0 saturated carbocycles. The summed E-state index contributed by atoms with van der Waals surface area (Å²) in [5, 5.41) is 35.4. The number of thioether (sulfide) groups is 1. The third kappa shape index (κ3) is 12.0. The van der Waals surface area contributed by atoms with Gasteiger partial charge < -0.3 is 37.0 Å². The smallest absolute Gasteiger partial charge is 0.326 e. The molecule has 37 heavy (non-hydrogen) atoms. The number of nitrogens with two attached hydrogens (primary N) is 1. The maximum atomic E-state index is 13.2. The van der Waals surface area contributed by atoms with Crippen LogP contribution in [-0.2, 0) is 30.4 Å². The minimum Gasteiger partial charge on any atom is -0.508 e. The van der Waals surface area contributed by atoms with Gasteiger partial charge in [0.1, 0.15) is 23.9 Å². The predicted molar refractivity (Wildman–Crippen MR) is 138 cm³/mol. The quantitative estimate of drug-likeness (QED) is 0.150. The topological polar surface area (TPSA) is 208 Å². The van der Waals surface area contributed by atoms with Gasteiger partial charge in [-0.15, -0.1) is 0 Å². The molecule has 0 heterocycles. The number of hydrogen-bond acceptors (Lipinski definition) is 8. The average molecular weight is 541 g/mol. The highest BCUT2D eigenvalue weighted by molar-refractivity contribution is 7.98. The van der Waals surface area contributed by atoms with Crippen LogP contribution in [0.25, 0.3) is 0 Å². The van der Waals surface area contributed by atoms with Gasteiger partial charge in [-0.2, -0.15) is 11.8 Å². The Hall–Kier alpha value is -3.32. The molecule has 0 aliphatic heterocycles. The lowest BCUT2D eigenvalue weighted by Crippen LogP contribution is -2.58. The number of carboxylic acids is 2. The molecule has 0 saturated heterocycles. The van der Waals surface area contributed by atoms with Gasteiger partial charge in [-0.3, -0.25) is 19.2 Å². The first-order chi connectivity index (χ1) is 17.3. The lowest BCUT2D eigenvalue weighted by atomic mass is 10.0. The van der Waals surface area contributed by atoms with Gasteiger partial charge in [-0.05, 0) is 48.5 Å². The molecule has 3 amide bonds. The van der Waals surface area contributed by atoms with Gasteiger partial charge >= 0.3 is 11.9 Å². The summed E-state index contributed by atoms with van der Waals surface area (Å²) in [7, 11) is 0. The third-order valence-electron chi connectivity index (χ3n) is 5.31. The van der Waals surface area contributed by atoms with Gasteiger partial charge in [0.15, 0.2) is 0 Å². The Bertz CT molecular complexity index is 941. The lowest BCUT2D eigenvalue weighted by molar-refractivity contribution is -0.144. The van der Waals surface area contributed by atoms with E-state index >= 15 is 0 Å². The molecule has 0 fully saturated rings. The van der Waals surface area contributed by atoms with E-state index in [0.29, 0.717) is 17.7 Å². The molecule has 1 rings (SSSR count). The average Bonchev–Trinajstić information content (AvgIpc) is 2.81. The van der Waals surface area contributed by atoms with E-state index in [0.717, 1.165) is 0 Å².